The van der Waals surface area contributed by atoms with Gasteiger partial charge in [0.25, 0.3) is 0 Å². The molecule has 1 unspecified atom stereocenters. The minimum absolute atomic E-state index is 0.152. The van der Waals surface area contributed by atoms with Crippen molar-refractivity contribution in [2.45, 2.75) is 57.9 Å². The minimum atomic E-state index is 0.152. The van der Waals surface area contributed by atoms with Crippen LogP contribution in [0.4, 0.5) is 0 Å². The Labute approximate surface area is 99.0 Å². The first kappa shape index (κ1) is 13.2. The smallest absolute Gasteiger partial charge is 0.0548 e. The molecule has 0 fully saturated rings. The van der Waals surface area contributed by atoms with Crippen LogP contribution in [-0.2, 0) is 7.05 Å². The molecule has 0 saturated heterocycles. The molecule has 0 aliphatic heterocycles. The van der Waals surface area contributed by atoms with Crippen LogP contribution in [0.15, 0.2) is 12.3 Å². The molecule has 1 atom stereocenters. The van der Waals surface area contributed by atoms with Gasteiger partial charge in [-0.05, 0) is 12.5 Å². The van der Waals surface area contributed by atoms with Crippen molar-refractivity contribution >= 4 is 0 Å². The number of unbranched alkanes of at least 4 members (excludes halogenated alkanes) is 5. The van der Waals surface area contributed by atoms with Gasteiger partial charge >= 0.3 is 0 Å². The average molecular weight is 223 g/mol. The van der Waals surface area contributed by atoms with Crippen LogP contribution >= 0.6 is 0 Å². The predicted octanol–water partition coefficient (Wildman–Crippen LogP) is 3.17. The van der Waals surface area contributed by atoms with Crippen LogP contribution in [0.25, 0.3) is 0 Å². The molecular weight excluding hydrogens is 198 g/mol. The number of nitrogens with two attached hydrogens (primary N) is 1. The van der Waals surface area contributed by atoms with Crippen molar-refractivity contribution in [3.05, 3.63) is 18.0 Å². The quantitative estimate of drug-likeness (QED) is 0.688. The van der Waals surface area contributed by atoms with E-state index in [4.69, 9.17) is 5.73 Å². The molecule has 0 aliphatic rings. The Bertz CT molecular complexity index is 280. The zero-order valence-corrected chi connectivity index (χ0v) is 10.7. The number of hydrogen-bond acceptors (Lipinski definition) is 2. The first-order valence-electron chi connectivity index (χ1n) is 6.49. The van der Waals surface area contributed by atoms with E-state index in [-0.39, 0.29) is 6.04 Å². The van der Waals surface area contributed by atoms with Gasteiger partial charge in [-0.2, -0.15) is 5.10 Å². The van der Waals surface area contributed by atoms with E-state index in [1.54, 1.807) is 0 Å². The molecule has 1 aromatic rings. The Hall–Kier alpha value is -0.830. The Morgan fingerprint density at radius 1 is 1.25 bits per heavy atom. The van der Waals surface area contributed by atoms with Gasteiger partial charge in [-0.1, -0.05) is 45.4 Å². The monoisotopic (exact) mass is 223 g/mol. The van der Waals surface area contributed by atoms with E-state index < -0.39 is 0 Å². The van der Waals surface area contributed by atoms with Crippen LogP contribution in [0.1, 0.15) is 63.6 Å². The molecule has 0 radical (unpaired) electrons. The molecule has 2 N–H and O–H groups in total. The predicted molar refractivity (Wildman–Crippen MR) is 68.1 cm³/mol. The van der Waals surface area contributed by atoms with Gasteiger partial charge in [-0.3, -0.25) is 4.68 Å². The van der Waals surface area contributed by atoms with Gasteiger partial charge in [-0.25, -0.2) is 0 Å². The van der Waals surface area contributed by atoms with Crippen molar-refractivity contribution in [2.24, 2.45) is 12.8 Å². The van der Waals surface area contributed by atoms with Gasteiger partial charge in [0.05, 0.1) is 5.69 Å². The molecule has 1 aromatic heterocycles. The first-order valence-corrected chi connectivity index (χ1v) is 6.49. The van der Waals surface area contributed by atoms with Gasteiger partial charge in [0.1, 0.15) is 0 Å². The highest BCUT2D eigenvalue weighted by Gasteiger charge is 2.08. The molecule has 92 valence electrons. The highest BCUT2D eigenvalue weighted by atomic mass is 15.3. The second kappa shape index (κ2) is 7.44. The van der Waals surface area contributed by atoms with Gasteiger partial charge in [0.2, 0.25) is 0 Å². The van der Waals surface area contributed by atoms with E-state index in [0.29, 0.717) is 0 Å². The Balaban J connectivity index is 2.11. The van der Waals surface area contributed by atoms with Crippen LogP contribution in [0.3, 0.4) is 0 Å². The lowest BCUT2D eigenvalue weighted by atomic mass is 10.0. The molecule has 0 bridgehead atoms. The molecule has 16 heavy (non-hydrogen) atoms. The number of hydrogen-bond donors (Lipinski definition) is 1. The van der Waals surface area contributed by atoms with Crippen LogP contribution in [0, 0.1) is 0 Å². The highest BCUT2D eigenvalue weighted by Crippen LogP contribution is 2.17. The minimum Gasteiger partial charge on any atom is -0.323 e. The summed E-state index contributed by atoms with van der Waals surface area (Å²) in [5, 5.41) is 4.14. The second-order valence-corrected chi connectivity index (χ2v) is 4.54. The fraction of sp³-hybridized carbons (Fsp3) is 0.769. The highest BCUT2D eigenvalue weighted by molar-refractivity contribution is 5.05. The summed E-state index contributed by atoms with van der Waals surface area (Å²) in [4.78, 5) is 0. The molecule has 0 amide bonds. The Morgan fingerprint density at radius 3 is 2.56 bits per heavy atom. The van der Waals surface area contributed by atoms with Gasteiger partial charge < -0.3 is 5.73 Å². The molecule has 0 aliphatic carbocycles. The third kappa shape index (κ3) is 4.35. The normalized spacial score (nSPS) is 12.9. The van der Waals surface area contributed by atoms with E-state index in [1.807, 2.05) is 24.0 Å². The number of aryl methyl sites for hydroxylation is 1. The number of rotatable bonds is 8. The molecule has 0 spiro atoms. The number of nitrogens with zero attached hydrogens (tertiary/aromatic N) is 2. The summed E-state index contributed by atoms with van der Waals surface area (Å²) in [7, 11) is 1.95. The van der Waals surface area contributed by atoms with E-state index >= 15 is 0 Å². The fourth-order valence-electron chi connectivity index (χ4n) is 2.04. The summed E-state index contributed by atoms with van der Waals surface area (Å²) in [6.07, 6.45) is 10.8. The molecule has 0 saturated carbocycles. The summed E-state index contributed by atoms with van der Waals surface area (Å²) < 4.78 is 1.88. The van der Waals surface area contributed by atoms with Gasteiger partial charge in [0, 0.05) is 19.3 Å². The van der Waals surface area contributed by atoms with Crippen LogP contribution in [0.5, 0.6) is 0 Å². The van der Waals surface area contributed by atoms with Crippen molar-refractivity contribution in [3.8, 4) is 0 Å². The van der Waals surface area contributed by atoms with E-state index in [9.17, 15) is 0 Å². The SMILES string of the molecule is CCCCCCCCC(N)c1ccnn1C. The van der Waals surface area contributed by atoms with Crippen molar-refractivity contribution in [3.63, 3.8) is 0 Å². The maximum atomic E-state index is 6.12. The van der Waals surface area contributed by atoms with Crippen molar-refractivity contribution in [1.29, 1.82) is 0 Å². The van der Waals surface area contributed by atoms with E-state index in [2.05, 4.69) is 12.0 Å². The summed E-state index contributed by atoms with van der Waals surface area (Å²) >= 11 is 0. The third-order valence-corrected chi connectivity index (χ3v) is 3.11. The molecule has 0 aromatic carbocycles. The summed E-state index contributed by atoms with van der Waals surface area (Å²) in [6, 6.07) is 2.17. The van der Waals surface area contributed by atoms with Crippen molar-refractivity contribution in [2.75, 3.05) is 0 Å². The second-order valence-electron chi connectivity index (χ2n) is 4.54. The molecule has 1 heterocycles. The topological polar surface area (TPSA) is 43.8 Å². The standard InChI is InChI=1S/C13H25N3/c1-3-4-5-6-7-8-9-12(14)13-10-11-15-16(13)2/h10-12H,3-9,14H2,1-2H3. The van der Waals surface area contributed by atoms with Crippen LogP contribution in [0.2, 0.25) is 0 Å². The molecule has 3 nitrogen and oxygen atoms in total. The summed E-state index contributed by atoms with van der Waals surface area (Å²) in [5.41, 5.74) is 7.27. The lowest BCUT2D eigenvalue weighted by Crippen LogP contribution is -2.14. The largest absolute Gasteiger partial charge is 0.323 e. The summed E-state index contributed by atoms with van der Waals surface area (Å²) in [5.74, 6) is 0. The molecule has 3 heteroatoms. The van der Waals surface area contributed by atoms with Gasteiger partial charge in [0.15, 0.2) is 0 Å². The Morgan fingerprint density at radius 2 is 1.94 bits per heavy atom. The summed E-state index contributed by atoms with van der Waals surface area (Å²) in [6.45, 7) is 2.25. The van der Waals surface area contributed by atoms with Crippen LogP contribution in [-0.4, -0.2) is 9.78 Å². The lowest BCUT2D eigenvalue weighted by molar-refractivity contribution is 0.523. The lowest BCUT2D eigenvalue weighted by Gasteiger charge is -2.11. The van der Waals surface area contributed by atoms with E-state index in [0.717, 1.165) is 12.1 Å². The average Bonchev–Trinajstić information content (AvgIpc) is 2.69. The molecule has 1 rings (SSSR count). The zero-order chi connectivity index (χ0) is 11.8. The van der Waals surface area contributed by atoms with E-state index in [1.165, 1.54) is 38.5 Å². The third-order valence-electron chi connectivity index (χ3n) is 3.11. The fourth-order valence-corrected chi connectivity index (χ4v) is 2.04. The van der Waals surface area contributed by atoms with Crippen molar-refractivity contribution < 1.29 is 0 Å². The van der Waals surface area contributed by atoms with Crippen molar-refractivity contribution in [1.82, 2.24) is 9.78 Å². The Kier molecular flexibility index (Phi) is 6.16. The van der Waals surface area contributed by atoms with Gasteiger partial charge in [-0.15, -0.1) is 0 Å². The number of aromatic nitrogens is 2. The van der Waals surface area contributed by atoms with Crippen LogP contribution < -0.4 is 5.73 Å². The zero-order valence-electron chi connectivity index (χ0n) is 10.7. The molecular formula is C13H25N3. The maximum absolute atomic E-state index is 6.12. The first-order chi connectivity index (χ1) is 7.75. The maximum Gasteiger partial charge on any atom is 0.0548 e.